The number of carbonyl (C=O) groups excluding carboxylic acids is 1. The van der Waals surface area contributed by atoms with Crippen LogP contribution in [0.5, 0.6) is 5.75 Å². The van der Waals surface area contributed by atoms with Gasteiger partial charge in [-0.1, -0.05) is 0 Å². The molecule has 0 unspecified atom stereocenters. The van der Waals surface area contributed by atoms with Gasteiger partial charge in [0.1, 0.15) is 5.75 Å². The third-order valence-electron chi connectivity index (χ3n) is 1.99. The second-order valence-electron chi connectivity index (χ2n) is 3.38. The first kappa shape index (κ1) is 17.1. The van der Waals surface area contributed by atoms with E-state index in [0.29, 0.717) is 5.69 Å². The predicted octanol–water partition coefficient (Wildman–Crippen LogP) is -0.928. The van der Waals surface area contributed by atoms with Crippen molar-refractivity contribution in [2.24, 2.45) is 0 Å². The number of ether oxygens (including phenoxy) is 1. The van der Waals surface area contributed by atoms with Gasteiger partial charge < -0.3 is 11.5 Å². The first-order valence-corrected chi connectivity index (χ1v) is 4.97. The fourth-order valence-corrected chi connectivity index (χ4v) is 1.25. The summed E-state index contributed by atoms with van der Waals surface area (Å²) in [5, 5.41) is 11.7. The number of amides is 1. The Kier molecular flexibility index (Phi) is 6.14. The maximum atomic E-state index is 11.9. The van der Waals surface area contributed by atoms with Crippen LogP contribution in [0.2, 0.25) is 0 Å². The standard InChI is InChI=1S/C10H7F3N4O2.K.H/c11-10(12,13)19-7-3-1-6(2-4-7)15-9(18)8-5-14-17-16-8;;/h1-5H,(H,15,18)(H,14,16,17);;/q;+1;-1. The Hall–Kier alpha value is -0.944. The topological polar surface area (TPSA) is 79.9 Å². The van der Waals surface area contributed by atoms with Crippen molar-refractivity contribution in [3.05, 3.63) is 36.2 Å². The van der Waals surface area contributed by atoms with Gasteiger partial charge in [0.05, 0.1) is 6.20 Å². The smallest absolute Gasteiger partial charge is 1.00 e. The van der Waals surface area contributed by atoms with E-state index < -0.39 is 12.3 Å². The number of rotatable bonds is 3. The van der Waals surface area contributed by atoms with E-state index >= 15 is 0 Å². The van der Waals surface area contributed by atoms with Crippen LogP contribution in [-0.2, 0) is 0 Å². The summed E-state index contributed by atoms with van der Waals surface area (Å²) >= 11 is 0. The van der Waals surface area contributed by atoms with Crippen molar-refractivity contribution < 1.29 is 75.5 Å². The third-order valence-corrected chi connectivity index (χ3v) is 1.99. The monoisotopic (exact) mass is 312 g/mol. The van der Waals surface area contributed by atoms with E-state index in [-0.39, 0.29) is 64.3 Å². The first-order chi connectivity index (χ1) is 8.94. The summed E-state index contributed by atoms with van der Waals surface area (Å²) in [5.74, 6) is -0.898. The molecule has 2 aromatic rings. The third kappa shape index (κ3) is 5.21. The van der Waals surface area contributed by atoms with E-state index in [1.807, 2.05) is 0 Å². The van der Waals surface area contributed by atoms with Gasteiger partial charge in [-0.2, -0.15) is 15.4 Å². The largest absolute Gasteiger partial charge is 1.00 e. The molecule has 0 saturated heterocycles. The quantitative estimate of drug-likeness (QED) is 0.718. The summed E-state index contributed by atoms with van der Waals surface area (Å²) in [5.41, 5.74) is 0.373. The summed E-state index contributed by atoms with van der Waals surface area (Å²) in [6.45, 7) is 0. The Morgan fingerprint density at radius 2 is 1.95 bits per heavy atom. The number of hydrogen-bond acceptors (Lipinski definition) is 4. The molecule has 0 aliphatic heterocycles. The van der Waals surface area contributed by atoms with E-state index in [1.54, 1.807) is 0 Å². The van der Waals surface area contributed by atoms with Crippen LogP contribution >= 0.6 is 0 Å². The van der Waals surface area contributed by atoms with E-state index in [4.69, 9.17) is 0 Å². The normalized spacial score (nSPS) is 10.6. The minimum Gasteiger partial charge on any atom is -1.00 e. The van der Waals surface area contributed by atoms with Crippen molar-refractivity contribution in [1.29, 1.82) is 0 Å². The number of halogens is 3. The first-order valence-electron chi connectivity index (χ1n) is 4.97. The molecule has 0 aliphatic carbocycles. The zero-order chi connectivity index (χ0) is 13.9. The number of benzene rings is 1. The van der Waals surface area contributed by atoms with Crippen LogP contribution in [0, 0.1) is 0 Å². The number of nitrogens with one attached hydrogen (secondary N) is 2. The summed E-state index contributed by atoms with van der Waals surface area (Å²) in [4.78, 5) is 11.5. The van der Waals surface area contributed by atoms with Crippen LogP contribution < -0.4 is 61.4 Å². The molecule has 0 bridgehead atoms. The predicted molar refractivity (Wildman–Crippen MR) is 58.6 cm³/mol. The van der Waals surface area contributed by atoms with Crippen LogP contribution in [0.15, 0.2) is 30.5 Å². The summed E-state index contributed by atoms with van der Waals surface area (Å²) in [6, 6.07) is 4.73. The van der Waals surface area contributed by atoms with Crippen molar-refractivity contribution in [2.75, 3.05) is 5.32 Å². The Bertz CT molecular complexity index is 563. The number of aromatic amines is 1. The van der Waals surface area contributed by atoms with Crippen molar-refractivity contribution in [2.45, 2.75) is 6.36 Å². The van der Waals surface area contributed by atoms with Crippen LogP contribution in [0.1, 0.15) is 11.9 Å². The number of alkyl halides is 3. The van der Waals surface area contributed by atoms with Crippen molar-refractivity contribution in [3.8, 4) is 5.75 Å². The molecule has 1 amide bonds. The minimum atomic E-state index is -4.74. The second-order valence-corrected chi connectivity index (χ2v) is 3.38. The van der Waals surface area contributed by atoms with Crippen LogP contribution in [0.25, 0.3) is 0 Å². The summed E-state index contributed by atoms with van der Waals surface area (Å²) < 4.78 is 39.5. The van der Waals surface area contributed by atoms with Crippen molar-refractivity contribution in [1.82, 2.24) is 15.4 Å². The number of carbonyl (C=O) groups is 1. The molecule has 0 saturated carbocycles. The SMILES string of the molecule is O=C(Nc1ccc(OC(F)(F)F)cc1)c1cn[nH]n1.[H-].[K+]. The molecule has 1 heterocycles. The number of aromatic nitrogens is 3. The molecule has 102 valence electrons. The van der Waals surface area contributed by atoms with Gasteiger partial charge in [0.25, 0.3) is 5.91 Å². The van der Waals surface area contributed by atoms with Gasteiger partial charge >= 0.3 is 57.7 Å². The fourth-order valence-electron chi connectivity index (χ4n) is 1.25. The zero-order valence-corrected chi connectivity index (χ0v) is 13.4. The molecule has 0 aliphatic rings. The maximum absolute atomic E-state index is 11.9. The number of H-pyrrole nitrogens is 1. The average molecular weight is 312 g/mol. The van der Waals surface area contributed by atoms with Gasteiger partial charge in [-0.05, 0) is 24.3 Å². The molecule has 0 radical (unpaired) electrons. The molecule has 2 rings (SSSR count). The Labute approximate surface area is 155 Å². The van der Waals surface area contributed by atoms with Crippen molar-refractivity contribution >= 4 is 11.6 Å². The Morgan fingerprint density at radius 3 is 2.45 bits per heavy atom. The summed E-state index contributed by atoms with van der Waals surface area (Å²) in [7, 11) is 0. The molecule has 1 aromatic heterocycles. The molecule has 0 spiro atoms. The molecule has 1 aromatic carbocycles. The van der Waals surface area contributed by atoms with E-state index in [9.17, 15) is 18.0 Å². The average Bonchev–Trinajstić information content (AvgIpc) is 2.83. The van der Waals surface area contributed by atoms with E-state index in [1.165, 1.54) is 18.3 Å². The van der Waals surface area contributed by atoms with Gasteiger partial charge in [0.2, 0.25) is 0 Å². The Balaban J connectivity index is 0.00000200. The Morgan fingerprint density at radius 1 is 1.30 bits per heavy atom. The van der Waals surface area contributed by atoms with Crippen LogP contribution in [0.3, 0.4) is 0 Å². The van der Waals surface area contributed by atoms with E-state index in [2.05, 4.69) is 25.5 Å². The van der Waals surface area contributed by atoms with Gasteiger partial charge in [0, 0.05) is 5.69 Å². The fraction of sp³-hybridized carbons (Fsp3) is 0.100. The molecule has 10 heteroatoms. The minimum absolute atomic E-state index is 0. The number of hydrogen-bond donors (Lipinski definition) is 2. The number of anilines is 1. The molecule has 0 atom stereocenters. The van der Waals surface area contributed by atoms with Crippen molar-refractivity contribution in [3.63, 3.8) is 0 Å². The molecule has 0 fully saturated rings. The molecular weight excluding hydrogens is 304 g/mol. The van der Waals surface area contributed by atoms with Crippen LogP contribution in [0.4, 0.5) is 18.9 Å². The molecule has 2 N–H and O–H groups in total. The van der Waals surface area contributed by atoms with Gasteiger partial charge in [-0.15, -0.1) is 13.2 Å². The van der Waals surface area contributed by atoms with Gasteiger partial charge in [-0.25, -0.2) is 0 Å². The zero-order valence-electron chi connectivity index (χ0n) is 11.2. The molecular formula is C10H8F3KN4O2. The molecule has 6 nitrogen and oxygen atoms in total. The second kappa shape index (κ2) is 7.18. The molecule has 20 heavy (non-hydrogen) atoms. The van der Waals surface area contributed by atoms with E-state index in [0.717, 1.165) is 12.1 Å². The van der Waals surface area contributed by atoms with Gasteiger partial charge in [-0.3, -0.25) is 4.79 Å². The summed E-state index contributed by atoms with van der Waals surface area (Å²) in [6.07, 6.45) is -3.53. The number of nitrogens with zero attached hydrogens (tertiary/aromatic N) is 2. The maximum Gasteiger partial charge on any atom is 1.00 e. The van der Waals surface area contributed by atoms with Crippen LogP contribution in [-0.4, -0.2) is 27.7 Å². The van der Waals surface area contributed by atoms with Gasteiger partial charge in [0.15, 0.2) is 5.69 Å².